The molecule has 9 heavy (non-hydrogen) atoms. The number of hydrogen-bond acceptors (Lipinski definition) is 3. The highest BCUT2D eigenvalue weighted by Gasteiger charge is 2.16. The lowest BCUT2D eigenvalue weighted by Gasteiger charge is -1.88. The second-order valence-corrected chi connectivity index (χ2v) is 4.66. The summed E-state index contributed by atoms with van der Waals surface area (Å²) in [6.07, 6.45) is 0. The average Bonchev–Trinajstić information content (AvgIpc) is 2.14. The lowest BCUT2D eigenvalue weighted by Crippen LogP contribution is -1.70. The summed E-state index contributed by atoms with van der Waals surface area (Å²) in [4.78, 5) is 0.897. The van der Waals surface area contributed by atoms with Crippen LogP contribution < -0.4 is 0 Å². The maximum absolute atomic E-state index is 7.15. The third-order valence-electron chi connectivity index (χ3n) is 0.761. The lowest BCUT2D eigenvalue weighted by molar-refractivity contribution is 1.59. The monoisotopic (exact) mass is 199 g/mol. The van der Waals surface area contributed by atoms with Crippen LogP contribution in [0.4, 0.5) is 0 Å². The highest BCUT2D eigenvalue weighted by molar-refractivity contribution is 8.43. The van der Waals surface area contributed by atoms with Gasteiger partial charge in [0.15, 0.2) is 0 Å². The molecule has 50 valence electrons. The van der Waals surface area contributed by atoms with Gasteiger partial charge in [-0.15, -0.1) is 0 Å². The molecule has 5 heteroatoms. The van der Waals surface area contributed by atoms with E-state index >= 15 is 0 Å². The minimum absolute atomic E-state index is 0.301. The predicted octanol–water partition coefficient (Wildman–Crippen LogP) is 3.05. The van der Waals surface area contributed by atoms with E-state index in [1.807, 2.05) is 0 Å². The Morgan fingerprint density at radius 2 is 2.22 bits per heavy atom. The third kappa shape index (κ3) is 2.08. The van der Waals surface area contributed by atoms with Gasteiger partial charge in [-0.05, 0) is 0 Å². The van der Waals surface area contributed by atoms with Crippen LogP contribution in [0.3, 0.4) is 0 Å². The number of nitrogens with one attached hydrogen (secondary N) is 1. The van der Waals surface area contributed by atoms with Crippen LogP contribution in [-0.4, -0.2) is 10.1 Å². The summed E-state index contributed by atoms with van der Waals surface area (Å²) >= 11 is 13.7. The molecule has 0 unspecified atom stereocenters. The molecule has 1 heterocycles. The van der Waals surface area contributed by atoms with E-state index in [1.165, 1.54) is 23.5 Å². The normalized spacial score (nSPS) is 18.9. The second-order valence-electron chi connectivity index (χ2n) is 1.36. The van der Waals surface area contributed by atoms with Crippen molar-refractivity contribution in [2.45, 2.75) is 0 Å². The molecule has 0 saturated carbocycles. The van der Waals surface area contributed by atoms with Gasteiger partial charge in [0.2, 0.25) is 0 Å². The highest BCUT2D eigenvalue weighted by Crippen LogP contribution is 2.38. The SMILES string of the molecule is N=C1SCC(=C(Cl)Cl)S1. The first-order chi connectivity index (χ1) is 4.20. The van der Waals surface area contributed by atoms with E-state index in [-0.39, 0.29) is 0 Å². The van der Waals surface area contributed by atoms with Crippen LogP contribution in [0.2, 0.25) is 0 Å². The molecule has 0 aromatic heterocycles. The Morgan fingerprint density at radius 3 is 2.44 bits per heavy atom. The van der Waals surface area contributed by atoms with Crippen molar-refractivity contribution in [2.75, 3.05) is 5.75 Å². The van der Waals surface area contributed by atoms with Gasteiger partial charge in [-0.1, -0.05) is 46.7 Å². The molecule has 1 fully saturated rings. The van der Waals surface area contributed by atoms with Gasteiger partial charge in [-0.25, -0.2) is 0 Å². The van der Waals surface area contributed by atoms with Gasteiger partial charge in [0.1, 0.15) is 8.87 Å². The lowest BCUT2D eigenvalue weighted by atomic mass is 10.7. The van der Waals surface area contributed by atoms with Crippen molar-refractivity contribution in [3.63, 3.8) is 0 Å². The number of thioether (sulfide) groups is 2. The Kier molecular flexibility index (Phi) is 2.76. The average molecular weight is 200 g/mol. The minimum atomic E-state index is 0.301. The summed E-state index contributed by atoms with van der Waals surface area (Å²) in [7, 11) is 0. The molecule has 1 aliphatic rings. The molecular formula is C4H3Cl2NS2. The van der Waals surface area contributed by atoms with Crippen LogP contribution >= 0.6 is 46.7 Å². The van der Waals surface area contributed by atoms with E-state index in [9.17, 15) is 0 Å². The van der Waals surface area contributed by atoms with Crippen LogP contribution in [-0.2, 0) is 0 Å². The van der Waals surface area contributed by atoms with Crippen molar-refractivity contribution < 1.29 is 0 Å². The van der Waals surface area contributed by atoms with E-state index in [0.717, 1.165) is 10.7 Å². The summed E-state index contributed by atoms with van der Waals surface area (Å²) in [6.45, 7) is 0. The Morgan fingerprint density at radius 1 is 1.56 bits per heavy atom. The first-order valence-electron chi connectivity index (χ1n) is 2.13. The zero-order valence-corrected chi connectivity index (χ0v) is 7.42. The standard InChI is InChI=1S/C4H3Cl2NS2/c5-3(6)2-1-8-4(7)9-2/h7H,1H2. The molecule has 1 aliphatic heterocycles. The van der Waals surface area contributed by atoms with Gasteiger partial charge < -0.3 is 0 Å². The molecule has 0 bridgehead atoms. The quantitative estimate of drug-likeness (QED) is 0.649. The second kappa shape index (κ2) is 3.19. The molecule has 1 nitrogen and oxygen atoms in total. The van der Waals surface area contributed by atoms with Crippen LogP contribution in [0.5, 0.6) is 0 Å². The van der Waals surface area contributed by atoms with E-state index in [2.05, 4.69) is 0 Å². The van der Waals surface area contributed by atoms with E-state index in [1.54, 1.807) is 0 Å². The molecular weight excluding hydrogens is 197 g/mol. The smallest absolute Gasteiger partial charge is 0.126 e. The molecule has 1 N–H and O–H groups in total. The van der Waals surface area contributed by atoms with Gasteiger partial charge in [0.05, 0.1) is 0 Å². The first-order valence-corrected chi connectivity index (χ1v) is 4.69. The molecule has 0 aromatic carbocycles. The van der Waals surface area contributed by atoms with Crippen molar-refractivity contribution in [3.8, 4) is 0 Å². The zero-order valence-electron chi connectivity index (χ0n) is 4.28. The Labute approximate surface area is 71.7 Å². The largest absolute Gasteiger partial charge is 0.288 e. The van der Waals surface area contributed by atoms with Crippen molar-refractivity contribution in [1.82, 2.24) is 0 Å². The number of hydrogen-bond donors (Lipinski definition) is 1. The maximum atomic E-state index is 7.15. The van der Waals surface area contributed by atoms with Crippen LogP contribution in [0.15, 0.2) is 9.40 Å². The van der Waals surface area contributed by atoms with E-state index < -0.39 is 0 Å². The molecule has 1 saturated heterocycles. The van der Waals surface area contributed by atoms with E-state index in [4.69, 9.17) is 28.6 Å². The molecule has 0 radical (unpaired) electrons. The van der Waals surface area contributed by atoms with Crippen LogP contribution in [0, 0.1) is 5.41 Å². The van der Waals surface area contributed by atoms with Crippen molar-refractivity contribution in [3.05, 3.63) is 9.40 Å². The minimum Gasteiger partial charge on any atom is -0.288 e. The molecule has 1 rings (SSSR count). The molecule has 0 spiro atoms. The zero-order chi connectivity index (χ0) is 6.85. The summed E-state index contributed by atoms with van der Waals surface area (Å²) in [5.41, 5.74) is 0. The fourth-order valence-corrected chi connectivity index (χ4v) is 2.75. The number of rotatable bonds is 0. The molecule has 0 amide bonds. The van der Waals surface area contributed by atoms with Gasteiger partial charge in [-0.2, -0.15) is 0 Å². The molecule has 0 atom stereocenters. The van der Waals surface area contributed by atoms with Gasteiger partial charge in [0.25, 0.3) is 0 Å². The van der Waals surface area contributed by atoms with E-state index in [0.29, 0.717) is 8.87 Å². The van der Waals surface area contributed by atoms with Gasteiger partial charge in [0, 0.05) is 10.7 Å². The topological polar surface area (TPSA) is 23.9 Å². The van der Waals surface area contributed by atoms with Crippen molar-refractivity contribution >= 4 is 51.1 Å². The summed E-state index contributed by atoms with van der Waals surface area (Å²) in [5.74, 6) is 0.756. The third-order valence-corrected chi connectivity index (χ3v) is 3.70. The Balaban J connectivity index is 2.69. The summed E-state index contributed by atoms with van der Waals surface area (Å²) in [5, 5.41) is 7.15. The first kappa shape index (κ1) is 7.79. The van der Waals surface area contributed by atoms with Gasteiger partial charge in [-0.3, -0.25) is 5.41 Å². The predicted molar refractivity (Wildman–Crippen MR) is 46.5 cm³/mol. The van der Waals surface area contributed by atoms with Crippen molar-refractivity contribution in [1.29, 1.82) is 5.41 Å². The maximum Gasteiger partial charge on any atom is 0.126 e. The molecule has 0 aromatic rings. The van der Waals surface area contributed by atoms with Crippen LogP contribution in [0.25, 0.3) is 0 Å². The van der Waals surface area contributed by atoms with Crippen LogP contribution in [0.1, 0.15) is 0 Å². The Bertz CT molecular complexity index is 173. The summed E-state index contributed by atoms with van der Waals surface area (Å²) < 4.78 is 0.874. The summed E-state index contributed by atoms with van der Waals surface area (Å²) in [6, 6.07) is 0. The fourth-order valence-electron chi connectivity index (χ4n) is 0.395. The number of halogens is 2. The fraction of sp³-hybridized carbons (Fsp3) is 0.250. The Hall–Kier alpha value is 0.690. The molecule has 0 aliphatic carbocycles. The van der Waals surface area contributed by atoms with Gasteiger partial charge >= 0.3 is 0 Å². The highest BCUT2D eigenvalue weighted by atomic mass is 35.5. The van der Waals surface area contributed by atoms with Crippen molar-refractivity contribution in [2.24, 2.45) is 0 Å².